The average Bonchev–Trinajstić information content (AvgIpc) is 2.24. The van der Waals surface area contributed by atoms with Crippen molar-refractivity contribution < 1.29 is 4.79 Å². The molecule has 0 bridgehead atoms. The fourth-order valence-corrected chi connectivity index (χ4v) is 2.07. The number of rotatable bonds is 4. The van der Waals surface area contributed by atoms with Crippen LogP contribution in [-0.4, -0.2) is 11.0 Å². The van der Waals surface area contributed by atoms with Crippen molar-refractivity contribution in [1.29, 1.82) is 0 Å². The van der Waals surface area contributed by atoms with Gasteiger partial charge in [0.15, 0.2) is 5.11 Å². The first-order valence-corrected chi connectivity index (χ1v) is 6.74. The molecule has 0 aromatic heterocycles. The zero-order chi connectivity index (χ0) is 13.5. The second-order valence-electron chi connectivity index (χ2n) is 3.76. The molecule has 1 aromatic carbocycles. The van der Waals surface area contributed by atoms with E-state index in [4.69, 9.17) is 35.4 Å². The normalized spacial score (nSPS) is 9.94. The number of thiocarbonyl (C=S) groups is 1. The molecule has 0 aliphatic heterocycles. The Balaban J connectivity index is 2.51. The molecule has 2 N–H and O–H groups in total. The fraction of sp³-hybridized carbons (Fsp3) is 0.333. The molecule has 0 spiro atoms. The monoisotopic (exact) mass is 304 g/mol. The van der Waals surface area contributed by atoms with Gasteiger partial charge in [-0.25, -0.2) is 0 Å². The molecular weight excluding hydrogens is 291 g/mol. The molecule has 1 amide bonds. The third-order valence-electron chi connectivity index (χ3n) is 2.13. The lowest BCUT2D eigenvalue weighted by atomic mass is 10.2. The van der Waals surface area contributed by atoms with E-state index in [1.54, 1.807) is 18.2 Å². The van der Waals surface area contributed by atoms with Crippen LogP contribution in [0.3, 0.4) is 0 Å². The van der Waals surface area contributed by atoms with Crippen LogP contribution in [0.2, 0.25) is 10.0 Å². The molecule has 3 nitrogen and oxygen atoms in total. The van der Waals surface area contributed by atoms with E-state index < -0.39 is 0 Å². The molecule has 0 radical (unpaired) electrons. The molecule has 0 aliphatic carbocycles. The summed E-state index contributed by atoms with van der Waals surface area (Å²) in [6.45, 7) is 2.03. The van der Waals surface area contributed by atoms with Gasteiger partial charge in [0.25, 0.3) is 0 Å². The molecule has 18 heavy (non-hydrogen) atoms. The van der Waals surface area contributed by atoms with Gasteiger partial charge < -0.3 is 10.6 Å². The van der Waals surface area contributed by atoms with Gasteiger partial charge in [0.2, 0.25) is 5.91 Å². The summed E-state index contributed by atoms with van der Waals surface area (Å²) in [6.07, 6.45) is 2.28. The summed E-state index contributed by atoms with van der Waals surface area (Å²) in [7, 11) is 0. The molecule has 1 rings (SSSR count). The molecule has 0 heterocycles. The van der Waals surface area contributed by atoms with Crippen LogP contribution in [0.1, 0.15) is 26.2 Å². The second kappa shape index (κ2) is 7.56. The van der Waals surface area contributed by atoms with Gasteiger partial charge in [0.05, 0.1) is 0 Å². The highest BCUT2D eigenvalue weighted by Gasteiger charge is 2.05. The van der Waals surface area contributed by atoms with E-state index in [1.807, 2.05) is 6.92 Å². The summed E-state index contributed by atoms with van der Waals surface area (Å²) in [4.78, 5) is 11.4. The van der Waals surface area contributed by atoms with Crippen LogP contribution in [0.25, 0.3) is 0 Å². The largest absolute Gasteiger partial charge is 0.332 e. The molecule has 1 aromatic rings. The number of nitrogens with one attached hydrogen (secondary N) is 2. The molecule has 6 heteroatoms. The summed E-state index contributed by atoms with van der Waals surface area (Å²) in [6, 6.07) is 4.98. The molecule has 0 saturated carbocycles. The van der Waals surface area contributed by atoms with Gasteiger partial charge in [-0.3, -0.25) is 4.79 Å². The first kappa shape index (κ1) is 15.2. The van der Waals surface area contributed by atoms with Crippen LogP contribution in [0.15, 0.2) is 18.2 Å². The number of amides is 1. The fourth-order valence-electron chi connectivity index (χ4n) is 1.31. The van der Waals surface area contributed by atoms with Crippen LogP contribution in [0, 0.1) is 0 Å². The Morgan fingerprint density at radius 3 is 2.44 bits per heavy atom. The number of halogens is 2. The van der Waals surface area contributed by atoms with E-state index >= 15 is 0 Å². The van der Waals surface area contributed by atoms with Crippen LogP contribution in [0.4, 0.5) is 5.69 Å². The summed E-state index contributed by atoms with van der Waals surface area (Å²) >= 11 is 16.7. The lowest BCUT2D eigenvalue weighted by molar-refractivity contribution is -0.119. The van der Waals surface area contributed by atoms with Crippen molar-refractivity contribution in [1.82, 2.24) is 5.32 Å². The second-order valence-corrected chi connectivity index (χ2v) is 5.05. The molecule has 0 unspecified atom stereocenters. The minimum atomic E-state index is -0.0949. The van der Waals surface area contributed by atoms with E-state index in [0.717, 1.165) is 12.8 Å². The zero-order valence-corrected chi connectivity index (χ0v) is 12.3. The quantitative estimate of drug-likeness (QED) is 0.826. The third kappa shape index (κ3) is 5.67. The van der Waals surface area contributed by atoms with Gasteiger partial charge in [-0.15, -0.1) is 0 Å². The summed E-state index contributed by atoms with van der Waals surface area (Å²) in [5, 5.41) is 6.71. The molecular formula is C12H14Cl2N2OS. The summed E-state index contributed by atoms with van der Waals surface area (Å²) in [5.41, 5.74) is 0.647. The predicted octanol–water partition coefficient (Wildman–Crippen LogP) is 4.00. The molecule has 0 fully saturated rings. The minimum absolute atomic E-state index is 0.0949. The smallest absolute Gasteiger partial charge is 0.226 e. The van der Waals surface area contributed by atoms with Crippen molar-refractivity contribution in [2.45, 2.75) is 26.2 Å². The number of carbonyl (C=O) groups is 1. The summed E-state index contributed by atoms with van der Waals surface area (Å²) < 4.78 is 0. The Labute approximate surface area is 122 Å². The highest BCUT2D eigenvalue weighted by atomic mass is 35.5. The van der Waals surface area contributed by atoms with Crippen molar-refractivity contribution in [3.05, 3.63) is 28.2 Å². The van der Waals surface area contributed by atoms with Crippen molar-refractivity contribution in [3.63, 3.8) is 0 Å². The highest BCUT2D eigenvalue weighted by molar-refractivity contribution is 7.80. The molecule has 98 valence electrons. The van der Waals surface area contributed by atoms with E-state index in [-0.39, 0.29) is 11.0 Å². The van der Waals surface area contributed by atoms with E-state index in [0.29, 0.717) is 22.2 Å². The van der Waals surface area contributed by atoms with Crippen LogP contribution in [0.5, 0.6) is 0 Å². The SMILES string of the molecule is CCCCC(=O)NC(=S)Nc1cc(Cl)cc(Cl)c1. The van der Waals surface area contributed by atoms with Crippen molar-refractivity contribution >= 4 is 52.1 Å². The first-order valence-electron chi connectivity index (χ1n) is 5.58. The topological polar surface area (TPSA) is 41.1 Å². The predicted molar refractivity (Wildman–Crippen MR) is 80.4 cm³/mol. The Morgan fingerprint density at radius 1 is 1.28 bits per heavy atom. The van der Waals surface area contributed by atoms with Crippen LogP contribution in [-0.2, 0) is 4.79 Å². The van der Waals surface area contributed by atoms with E-state index in [9.17, 15) is 4.79 Å². The van der Waals surface area contributed by atoms with E-state index in [1.165, 1.54) is 0 Å². The molecule has 0 atom stereocenters. The van der Waals surface area contributed by atoms with Crippen molar-refractivity contribution in [2.24, 2.45) is 0 Å². The number of benzene rings is 1. The number of anilines is 1. The average molecular weight is 305 g/mol. The number of hydrogen-bond donors (Lipinski definition) is 2. The van der Waals surface area contributed by atoms with Gasteiger partial charge >= 0.3 is 0 Å². The maximum Gasteiger partial charge on any atom is 0.226 e. The van der Waals surface area contributed by atoms with Gasteiger partial charge in [0, 0.05) is 22.2 Å². The van der Waals surface area contributed by atoms with Gasteiger partial charge in [-0.2, -0.15) is 0 Å². The van der Waals surface area contributed by atoms with E-state index in [2.05, 4.69) is 10.6 Å². The first-order chi connectivity index (χ1) is 8.51. The Kier molecular flexibility index (Phi) is 6.39. The molecule has 0 saturated heterocycles. The van der Waals surface area contributed by atoms with Gasteiger partial charge in [-0.1, -0.05) is 36.5 Å². The highest BCUT2D eigenvalue weighted by Crippen LogP contribution is 2.22. The minimum Gasteiger partial charge on any atom is -0.332 e. The standard InChI is InChI=1S/C12H14Cl2N2OS/c1-2-3-4-11(17)16-12(18)15-10-6-8(13)5-9(14)7-10/h5-7H,2-4H2,1H3,(H2,15,16,17,18). The van der Waals surface area contributed by atoms with Gasteiger partial charge in [0.1, 0.15) is 0 Å². The summed E-state index contributed by atoms with van der Waals surface area (Å²) in [5.74, 6) is -0.0949. The number of unbranched alkanes of at least 4 members (excludes halogenated alkanes) is 1. The Hall–Kier alpha value is -0.840. The van der Waals surface area contributed by atoms with Crippen LogP contribution >= 0.6 is 35.4 Å². The maximum absolute atomic E-state index is 11.4. The van der Waals surface area contributed by atoms with Crippen LogP contribution < -0.4 is 10.6 Å². The Morgan fingerprint density at radius 2 is 1.89 bits per heavy atom. The third-order valence-corrected chi connectivity index (χ3v) is 2.77. The lowest BCUT2D eigenvalue weighted by Gasteiger charge is -2.10. The van der Waals surface area contributed by atoms with Crippen molar-refractivity contribution in [2.75, 3.05) is 5.32 Å². The lowest BCUT2D eigenvalue weighted by Crippen LogP contribution is -2.33. The zero-order valence-electron chi connectivity index (χ0n) is 9.93. The molecule has 0 aliphatic rings. The van der Waals surface area contributed by atoms with Crippen molar-refractivity contribution in [3.8, 4) is 0 Å². The Bertz CT molecular complexity index is 431. The van der Waals surface area contributed by atoms with Gasteiger partial charge in [-0.05, 0) is 36.8 Å². The maximum atomic E-state index is 11.4. The number of hydrogen-bond acceptors (Lipinski definition) is 2. The number of carbonyl (C=O) groups excluding carboxylic acids is 1.